The fraction of sp³-hybridized carbons (Fsp3) is 0.400. The number of fused-ring (bicyclic) bond motifs is 5. The average Bonchev–Trinajstić information content (AvgIpc) is 3.45. The number of ether oxygens (including phenoxy) is 1. The van der Waals surface area contributed by atoms with Gasteiger partial charge in [0.1, 0.15) is 22.0 Å². The summed E-state index contributed by atoms with van der Waals surface area (Å²) >= 11 is 1.31. The van der Waals surface area contributed by atoms with Crippen LogP contribution in [0.25, 0.3) is 26.1 Å². The van der Waals surface area contributed by atoms with Gasteiger partial charge in [-0.3, -0.25) is 14.0 Å². The van der Waals surface area contributed by atoms with Crippen LogP contribution in [-0.4, -0.2) is 72.7 Å². The molecule has 0 aliphatic carbocycles. The van der Waals surface area contributed by atoms with E-state index in [9.17, 15) is 14.0 Å². The number of thiazole rings is 1. The number of benzene rings is 1. The highest BCUT2D eigenvalue weighted by molar-refractivity contribution is 7.24. The van der Waals surface area contributed by atoms with Crippen molar-refractivity contribution in [3.63, 3.8) is 0 Å². The fourth-order valence-corrected chi connectivity index (χ4v) is 6.27. The summed E-state index contributed by atoms with van der Waals surface area (Å²) in [5, 5.41) is 3.32. The molecular weight excluding hydrogens is 469 g/mol. The Labute approximate surface area is 204 Å². The Morgan fingerprint density at radius 1 is 1.23 bits per heavy atom. The zero-order chi connectivity index (χ0) is 24.1. The number of pyridine rings is 2. The zero-order valence-corrected chi connectivity index (χ0v) is 20.2. The van der Waals surface area contributed by atoms with Crippen LogP contribution in [0.5, 0.6) is 0 Å². The van der Waals surface area contributed by atoms with Gasteiger partial charge >= 0.3 is 0 Å². The molecule has 182 valence electrons. The number of hydrogen-bond acceptors (Lipinski definition) is 7. The number of nitrogens with zero attached hydrogens (tertiary/aromatic N) is 4. The fourth-order valence-electron chi connectivity index (χ4n) is 5.11. The molecular formula is C25H26FN5O3S. The second-order valence-corrected chi connectivity index (χ2v) is 10.2. The van der Waals surface area contributed by atoms with Crippen molar-refractivity contribution in [1.29, 1.82) is 0 Å². The first-order valence-electron chi connectivity index (χ1n) is 11.9. The Hall–Kier alpha value is -3.08. The molecule has 2 saturated heterocycles. The molecule has 1 N–H and O–H groups in total. The number of likely N-dealkylation sites (N-methyl/N-ethyl adjacent to an activating group) is 1. The molecule has 35 heavy (non-hydrogen) atoms. The third-order valence-electron chi connectivity index (χ3n) is 7.06. The van der Waals surface area contributed by atoms with Crippen molar-refractivity contribution in [2.75, 3.05) is 51.3 Å². The number of hydrogen-bond donors (Lipinski definition) is 1. The van der Waals surface area contributed by atoms with Crippen molar-refractivity contribution in [2.24, 2.45) is 0 Å². The van der Waals surface area contributed by atoms with Gasteiger partial charge < -0.3 is 19.9 Å². The molecule has 2 fully saturated rings. The number of aromatic nitrogens is 2. The third kappa shape index (κ3) is 3.85. The van der Waals surface area contributed by atoms with Gasteiger partial charge in [0.25, 0.3) is 5.91 Å². The molecule has 10 heteroatoms. The number of carbonyl (C=O) groups excluding carboxylic acids is 1. The Morgan fingerprint density at radius 3 is 2.83 bits per heavy atom. The van der Waals surface area contributed by atoms with Gasteiger partial charge in [0.05, 0.1) is 28.8 Å². The van der Waals surface area contributed by atoms with Crippen molar-refractivity contribution in [3.8, 4) is 0 Å². The van der Waals surface area contributed by atoms with Crippen molar-refractivity contribution in [2.45, 2.75) is 18.9 Å². The van der Waals surface area contributed by atoms with Crippen molar-refractivity contribution in [1.82, 2.24) is 19.6 Å². The van der Waals surface area contributed by atoms with E-state index in [4.69, 9.17) is 9.72 Å². The van der Waals surface area contributed by atoms with Gasteiger partial charge in [0.2, 0.25) is 5.43 Å². The van der Waals surface area contributed by atoms with Crippen LogP contribution in [-0.2, 0) is 4.74 Å². The van der Waals surface area contributed by atoms with E-state index in [1.165, 1.54) is 23.5 Å². The highest BCUT2D eigenvalue weighted by Crippen LogP contribution is 2.32. The van der Waals surface area contributed by atoms with Gasteiger partial charge in [0, 0.05) is 25.7 Å². The number of likely N-dealkylation sites (tertiary alicyclic amines) is 1. The van der Waals surface area contributed by atoms with E-state index in [0.717, 1.165) is 29.9 Å². The third-order valence-corrected chi connectivity index (χ3v) is 8.21. The van der Waals surface area contributed by atoms with E-state index < -0.39 is 5.91 Å². The standard InChI is InChI=1S/C25H26FN5O3S/c1-29-8-2-3-16(29)14-27-24(33)21-22(32)17-5-7-20(30-9-11-34-12-10-30)28-23(17)31-18-13-15(26)4-6-19(18)35-25(21)31/h4-7,13,16H,2-3,8-12,14H2,1H3,(H,27,33). The first-order chi connectivity index (χ1) is 17.0. The van der Waals surface area contributed by atoms with Crippen LogP contribution in [0.15, 0.2) is 35.1 Å². The van der Waals surface area contributed by atoms with E-state index in [-0.39, 0.29) is 22.9 Å². The Balaban J connectivity index is 1.53. The first-order valence-corrected chi connectivity index (χ1v) is 12.7. The molecule has 1 unspecified atom stereocenters. The molecule has 0 bridgehead atoms. The Morgan fingerprint density at radius 2 is 2.06 bits per heavy atom. The maximum Gasteiger partial charge on any atom is 0.258 e. The molecule has 6 rings (SSSR count). The summed E-state index contributed by atoms with van der Waals surface area (Å²) in [6.45, 7) is 4.10. The number of nitrogens with one attached hydrogen (secondary N) is 1. The average molecular weight is 496 g/mol. The predicted molar refractivity (Wildman–Crippen MR) is 135 cm³/mol. The maximum atomic E-state index is 14.3. The van der Waals surface area contributed by atoms with E-state index in [1.807, 2.05) is 13.1 Å². The number of anilines is 1. The van der Waals surface area contributed by atoms with Crippen molar-refractivity contribution < 1.29 is 13.9 Å². The Kier molecular flexibility index (Phi) is 5.66. The van der Waals surface area contributed by atoms with Crippen LogP contribution in [0.4, 0.5) is 10.2 Å². The lowest BCUT2D eigenvalue weighted by Gasteiger charge is -2.28. The van der Waals surface area contributed by atoms with E-state index in [2.05, 4.69) is 15.1 Å². The van der Waals surface area contributed by atoms with Gasteiger partial charge in [0.15, 0.2) is 5.65 Å². The zero-order valence-electron chi connectivity index (χ0n) is 19.4. The summed E-state index contributed by atoms with van der Waals surface area (Å²) in [4.78, 5) is 36.7. The minimum Gasteiger partial charge on any atom is -0.378 e. The van der Waals surface area contributed by atoms with E-state index in [0.29, 0.717) is 54.2 Å². The smallest absolute Gasteiger partial charge is 0.258 e. The molecule has 0 spiro atoms. The summed E-state index contributed by atoms with van der Waals surface area (Å²) in [6.07, 6.45) is 2.11. The quantitative estimate of drug-likeness (QED) is 0.469. The summed E-state index contributed by atoms with van der Waals surface area (Å²) in [6, 6.07) is 8.30. The largest absolute Gasteiger partial charge is 0.378 e. The summed E-state index contributed by atoms with van der Waals surface area (Å²) in [5.41, 5.74) is 0.745. The highest BCUT2D eigenvalue weighted by Gasteiger charge is 2.26. The van der Waals surface area contributed by atoms with Crippen LogP contribution in [0.1, 0.15) is 23.2 Å². The predicted octanol–water partition coefficient (Wildman–Crippen LogP) is 2.86. The molecule has 3 aromatic heterocycles. The second-order valence-electron chi connectivity index (χ2n) is 9.19. The molecule has 2 aliphatic rings. The van der Waals surface area contributed by atoms with Crippen molar-refractivity contribution >= 4 is 49.1 Å². The van der Waals surface area contributed by atoms with Gasteiger partial charge in [-0.05, 0) is 56.8 Å². The molecule has 2 aliphatic heterocycles. The van der Waals surface area contributed by atoms with Gasteiger partial charge in [-0.2, -0.15) is 0 Å². The minimum absolute atomic E-state index is 0.0840. The summed E-state index contributed by atoms with van der Waals surface area (Å²) < 4.78 is 22.3. The van der Waals surface area contributed by atoms with E-state index >= 15 is 0 Å². The highest BCUT2D eigenvalue weighted by atomic mass is 32.1. The number of carbonyl (C=O) groups is 1. The van der Waals surface area contributed by atoms with E-state index in [1.54, 1.807) is 16.5 Å². The maximum absolute atomic E-state index is 14.3. The number of rotatable bonds is 4. The van der Waals surface area contributed by atoms with Crippen molar-refractivity contribution in [3.05, 3.63) is 51.9 Å². The van der Waals surface area contributed by atoms with Gasteiger partial charge in [-0.1, -0.05) is 0 Å². The van der Waals surface area contributed by atoms with Crippen LogP contribution in [0.2, 0.25) is 0 Å². The molecule has 1 atom stereocenters. The Bertz CT molecular complexity index is 1510. The molecule has 1 amide bonds. The normalized spacial score (nSPS) is 19.3. The topological polar surface area (TPSA) is 79.2 Å². The number of amides is 1. The molecule has 8 nitrogen and oxygen atoms in total. The SMILES string of the molecule is CN1CCCC1CNC(=O)c1c(=O)c2ccc(N3CCOCC3)nc2n2c1sc1ccc(F)cc12. The monoisotopic (exact) mass is 495 g/mol. The lowest BCUT2D eigenvalue weighted by atomic mass is 10.1. The second kappa shape index (κ2) is 8.85. The van der Waals surface area contributed by atoms with Crippen LogP contribution in [0.3, 0.4) is 0 Å². The molecule has 1 aromatic carbocycles. The molecule has 4 aromatic rings. The summed E-state index contributed by atoms with van der Waals surface area (Å²) in [5.74, 6) is -0.0612. The number of halogens is 1. The lowest BCUT2D eigenvalue weighted by molar-refractivity contribution is 0.0944. The summed E-state index contributed by atoms with van der Waals surface area (Å²) in [7, 11) is 2.05. The number of morpholine rings is 1. The van der Waals surface area contributed by atoms with Crippen LogP contribution >= 0.6 is 11.3 Å². The van der Waals surface area contributed by atoms with Crippen LogP contribution in [0, 0.1) is 5.82 Å². The molecule has 0 radical (unpaired) electrons. The van der Waals surface area contributed by atoms with Gasteiger partial charge in [-0.15, -0.1) is 11.3 Å². The van der Waals surface area contributed by atoms with Gasteiger partial charge in [-0.25, -0.2) is 9.37 Å². The lowest BCUT2D eigenvalue weighted by Crippen LogP contribution is -2.39. The van der Waals surface area contributed by atoms with Crippen LogP contribution < -0.4 is 15.6 Å². The first kappa shape index (κ1) is 22.4. The molecule has 0 saturated carbocycles. The molecule has 5 heterocycles. The minimum atomic E-state index is -0.404.